The molecular formula is C10H14BrO3P. The van der Waals surface area contributed by atoms with Gasteiger partial charge in [-0.3, -0.25) is 0 Å². The number of para-hydroxylation sites is 1. The number of hydrogen-bond donors (Lipinski definition) is 1. The van der Waals surface area contributed by atoms with Crippen LogP contribution in [0.5, 0.6) is 5.75 Å². The molecule has 0 amide bonds. The molecule has 0 aliphatic heterocycles. The Kier molecular flexibility index (Phi) is 4.84. The fourth-order valence-corrected chi connectivity index (χ4v) is 2.18. The van der Waals surface area contributed by atoms with E-state index in [1.807, 2.05) is 12.1 Å². The van der Waals surface area contributed by atoms with Crippen molar-refractivity contribution in [1.29, 1.82) is 0 Å². The Bertz CT molecular complexity index is 361. The van der Waals surface area contributed by atoms with E-state index in [0.29, 0.717) is 5.75 Å². The lowest BCUT2D eigenvalue weighted by Gasteiger charge is -2.11. The molecule has 0 aliphatic rings. The normalized spacial score (nSPS) is 14.6. The smallest absolute Gasteiger partial charge is 0.417 e. The number of benzene rings is 1. The summed E-state index contributed by atoms with van der Waals surface area (Å²) >= 11 is 2.61. The standard InChI is InChI=1S/C10H14BrO3P/c1-2-3-6-9-7-4-5-8-10(9)14-15(11,12)13/h4-5,7-8H,2-3,6H2,1H3,(H,12,13). The first-order chi connectivity index (χ1) is 7.03. The van der Waals surface area contributed by atoms with Crippen LogP contribution < -0.4 is 4.52 Å². The average molecular weight is 293 g/mol. The summed E-state index contributed by atoms with van der Waals surface area (Å²) in [5, 5.41) is 0. The van der Waals surface area contributed by atoms with Gasteiger partial charge in [0.1, 0.15) is 5.75 Å². The van der Waals surface area contributed by atoms with Crippen LogP contribution in [0.2, 0.25) is 0 Å². The SMILES string of the molecule is CCCCc1ccccc1OP(=O)(O)Br. The highest BCUT2D eigenvalue weighted by atomic mass is 79.9. The van der Waals surface area contributed by atoms with Crippen LogP contribution in [0, 0.1) is 0 Å². The van der Waals surface area contributed by atoms with Crippen molar-refractivity contribution in [2.24, 2.45) is 0 Å². The summed E-state index contributed by atoms with van der Waals surface area (Å²) < 4.78 is 16.0. The van der Waals surface area contributed by atoms with E-state index in [4.69, 9.17) is 9.42 Å². The molecule has 0 heterocycles. The summed E-state index contributed by atoms with van der Waals surface area (Å²) in [6.45, 7) is 2.10. The Morgan fingerprint density at radius 2 is 2.13 bits per heavy atom. The maximum atomic E-state index is 11.1. The number of rotatable bonds is 5. The molecule has 1 aromatic carbocycles. The first-order valence-corrected chi connectivity index (χ1v) is 8.42. The Morgan fingerprint density at radius 3 is 2.73 bits per heavy atom. The molecule has 0 bridgehead atoms. The molecular weight excluding hydrogens is 279 g/mol. The van der Waals surface area contributed by atoms with Crippen LogP contribution in [0.15, 0.2) is 24.3 Å². The maximum Gasteiger partial charge on any atom is 0.444 e. The predicted molar refractivity (Wildman–Crippen MR) is 64.4 cm³/mol. The van der Waals surface area contributed by atoms with E-state index in [-0.39, 0.29) is 0 Å². The predicted octanol–water partition coefficient (Wildman–Crippen LogP) is 3.90. The van der Waals surface area contributed by atoms with E-state index >= 15 is 0 Å². The minimum Gasteiger partial charge on any atom is -0.417 e. The summed E-state index contributed by atoms with van der Waals surface area (Å²) in [5.74, 6) is 0.480. The van der Waals surface area contributed by atoms with Crippen molar-refractivity contribution in [2.45, 2.75) is 26.2 Å². The highest BCUT2D eigenvalue weighted by Crippen LogP contribution is 2.50. The minimum atomic E-state index is -3.63. The van der Waals surface area contributed by atoms with Crippen molar-refractivity contribution in [3.05, 3.63) is 29.8 Å². The third-order valence-electron chi connectivity index (χ3n) is 1.98. The first-order valence-electron chi connectivity index (χ1n) is 4.83. The molecule has 0 saturated carbocycles. The molecule has 1 N–H and O–H groups in total. The van der Waals surface area contributed by atoms with Gasteiger partial charge in [0, 0.05) is 0 Å². The summed E-state index contributed by atoms with van der Waals surface area (Å²) in [7, 11) is 0. The molecule has 0 radical (unpaired) electrons. The van der Waals surface area contributed by atoms with E-state index in [0.717, 1.165) is 24.8 Å². The molecule has 1 aromatic rings. The van der Waals surface area contributed by atoms with Crippen molar-refractivity contribution in [1.82, 2.24) is 0 Å². The molecule has 3 nitrogen and oxygen atoms in total. The van der Waals surface area contributed by atoms with Crippen molar-refractivity contribution < 1.29 is 14.0 Å². The second-order valence-corrected chi connectivity index (χ2v) is 7.03. The Morgan fingerprint density at radius 1 is 1.47 bits per heavy atom. The molecule has 1 rings (SSSR count). The lowest BCUT2D eigenvalue weighted by atomic mass is 10.1. The molecule has 0 saturated heterocycles. The van der Waals surface area contributed by atoms with Crippen LogP contribution in [-0.4, -0.2) is 4.89 Å². The van der Waals surface area contributed by atoms with Gasteiger partial charge in [-0.25, -0.2) is 4.57 Å². The van der Waals surface area contributed by atoms with Gasteiger partial charge in [-0.15, -0.1) is 0 Å². The maximum absolute atomic E-state index is 11.1. The van der Waals surface area contributed by atoms with Gasteiger partial charge >= 0.3 is 6.30 Å². The zero-order valence-corrected chi connectivity index (χ0v) is 11.0. The Balaban J connectivity index is 2.81. The third kappa shape index (κ3) is 4.83. The highest BCUT2D eigenvalue weighted by Gasteiger charge is 2.16. The fourth-order valence-electron chi connectivity index (χ4n) is 1.29. The molecule has 15 heavy (non-hydrogen) atoms. The minimum absolute atomic E-state index is 0.480. The lowest BCUT2D eigenvalue weighted by Crippen LogP contribution is -1.92. The molecule has 5 heteroatoms. The quantitative estimate of drug-likeness (QED) is 0.837. The molecule has 0 aliphatic carbocycles. The third-order valence-corrected chi connectivity index (χ3v) is 2.84. The van der Waals surface area contributed by atoms with Crippen LogP contribution in [0.25, 0.3) is 0 Å². The van der Waals surface area contributed by atoms with Crippen molar-refractivity contribution in [2.75, 3.05) is 0 Å². The number of unbranched alkanes of at least 4 members (excludes halogenated alkanes) is 1. The van der Waals surface area contributed by atoms with Crippen molar-refractivity contribution >= 4 is 21.8 Å². The van der Waals surface area contributed by atoms with Gasteiger partial charge in [0.25, 0.3) is 0 Å². The van der Waals surface area contributed by atoms with Gasteiger partial charge in [0.05, 0.1) is 15.5 Å². The van der Waals surface area contributed by atoms with Gasteiger partial charge in [-0.1, -0.05) is 31.5 Å². The Hall–Kier alpha value is -0.310. The largest absolute Gasteiger partial charge is 0.444 e. The van der Waals surface area contributed by atoms with E-state index in [1.165, 1.54) is 0 Å². The van der Waals surface area contributed by atoms with Crippen molar-refractivity contribution in [3.63, 3.8) is 0 Å². The first kappa shape index (κ1) is 12.8. The van der Waals surface area contributed by atoms with Crippen LogP contribution in [0.4, 0.5) is 0 Å². The summed E-state index contributed by atoms with van der Waals surface area (Å²) in [5.41, 5.74) is 0.966. The van der Waals surface area contributed by atoms with E-state index in [9.17, 15) is 4.57 Å². The van der Waals surface area contributed by atoms with E-state index < -0.39 is 6.30 Å². The van der Waals surface area contributed by atoms with Crippen LogP contribution >= 0.6 is 21.8 Å². The van der Waals surface area contributed by atoms with Crippen LogP contribution in [0.3, 0.4) is 0 Å². The summed E-state index contributed by atoms with van der Waals surface area (Å²) in [4.78, 5) is 9.07. The van der Waals surface area contributed by atoms with Gasteiger partial charge in [-0.2, -0.15) is 0 Å². The molecule has 0 fully saturated rings. The van der Waals surface area contributed by atoms with E-state index in [2.05, 4.69) is 22.4 Å². The molecule has 1 unspecified atom stereocenters. The van der Waals surface area contributed by atoms with E-state index in [1.54, 1.807) is 12.1 Å². The van der Waals surface area contributed by atoms with Gasteiger partial charge in [0.15, 0.2) is 0 Å². The summed E-state index contributed by atoms with van der Waals surface area (Å²) in [6, 6.07) is 7.30. The lowest BCUT2D eigenvalue weighted by molar-refractivity contribution is 0.402. The molecule has 84 valence electrons. The molecule has 0 spiro atoms. The van der Waals surface area contributed by atoms with Crippen molar-refractivity contribution in [3.8, 4) is 5.75 Å². The second-order valence-electron chi connectivity index (χ2n) is 3.25. The van der Waals surface area contributed by atoms with Crippen LogP contribution in [-0.2, 0) is 11.0 Å². The number of halogens is 1. The molecule has 0 aromatic heterocycles. The molecule has 1 atom stereocenters. The zero-order valence-electron chi connectivity index (χ0n) is 8.52. The number of hydrogen-bond acceptors (Lipinski definition) is 2. The Labute approximate surface area is 97.7 Å². The second kappa shape index (κ2) is 5.69. The monoisotopic (exact) mass is 292 g/mol. The number of aryl methyl sites for hydroxylation is 1. The van der Waals surface area contributed by atoms with Gasteiger partial charge in [0.2, 0.25) is 0 Å². The topological polar surface area (TPSA) is 46.5 Å². The fraction of sp³-hybridized carbons (Fsp3) is 0.400. The average Bonchev–Trinajstić information content (AvgIpc) is 2.14. The van der Waals surface area contributed by atoms with Crippen LogP contribution in [0.1, 0.15) is 25.3 Å². The van der Waals surface area contributed by atoms with Gasteiger partial charge in [-0.05, 0) is 24.5 Å². The van der Waals surface area contributed by atoms with Gasteiger partial charge < -0.3 is 9.42 Å². The highest BCUT2D eigenvalue weighted by molar-refractivity contribution is 9.39. The zero-order chi connectivity index (χ0) is 11.3. The summed E-state index contributed by atoms with van der Waals surface area (Å²) in [6.07, 6.45) is -0.651.